The van der Waals surface area contributed by atoms with Gasteiger partial charge >= 0.3 is 0 Å². The first-order valence-corrected chi connectivity index (χ1v) is 6.78. The lowest BCUT2D eigenvalue weighted by Crippen LogP contribution is -2.63. The number of carbonyl (C=O) groups is 2. The first kappa shape index (κ1) is 13.3. The molecule has 0 aromatic rings. The molecule has 5 nitrogen and oxygen atoms in total. The van der Waals surface area contributed by atoms with Gasteiger partial charge in [0, 0.05) is 6.04 Å². The van der Waals surface area contributed by atoms with Crippen LogP contribution in [0, 0.1) is 0 Å². The van der Waals surface area contributed by atoms with Gasteiger partial charge in [-0.3, -0.25) is 9.59 Å². The van der Waals surface area contributed by atoms with Gasteiger partial charge in [-0.1, -0.05) is 12.8 Å². The lowest BCUT2D eigenvalue weighted by Gasteiger charge is -2.43. The molecule has 1 heterocycles. The number of ether oxygens (including phenoxy) is 1. The zero-order valence-electron chi connectivity index (χ0n) is 11.1. The van der Waals surface area contributed by atoms with Crippen molar-refractivity contribution < 1.29 is 14.3 Å². The lowest BCUT2D eigenvalue weighted by atomic mass is 9.87. The number of piperazine rings is 1. The van der Waals surface area contributed by atoms with E-state index in [4.69, 9.17) is 4.74 Å². The molecule has 1 saturated heterocycles. The summed E-state index contributed by atoms with van der Waals surface area (Å²) in [7, 11) is 0. The Kier molecular flexibility index (Phi) is 4.22. The minimum absolute atomic E-state index is 0.0368. The Morgan fingerprint density at radius 2 is 2.17 bits per heavy atom. The number of carbonyl (C=O) groups excluding carboxylic acids is 2. The van der Waals surface area contributed by atoms with Crippen molar-refractivity contribution in [1.29, 1.82) is 0 Å². The number of fused-ring (bicyclic) bond motifs is 1. The zero-order chi connectivity index (χ0) is 13.1. The highest BCUT2D eigenvalue weighted by Gasteiger charge is 2.38. The maximum atomic E-state index is 12.1. The Bertz CT molecular complexity index is 330. The van der Waals surface area contributed by atoms with Gasteiger partial charge < -0.3 is 15.0 Å². The molecule has 2 rings (SSSR count). The van der Waals surface area contributed by atoms with Crippen LogP contribution >= 0.6 is 0 Å². The molecule has 2 aliphatic rings. The van der Waals surface area contributed by atoms with E-state index in [1.54, 1.807) is 4.90 Å². The summed E-state index contributed by atoms with van der Waals surface area (Å²) in [6.07, 6.45) is 4.26. The Morgan fingerprint density at radius 1 is 1.44 bits per heavy atom. The van der Waals surface area contributed by atoms with Crippen LogP contribution in [0.1, 0.15) is 39.5 Å². The number of hydrogen-bond acceptors (Lipinski definition) is 3. The summed E-state index contributed by atoms with van der Waals surface area (Å²) in [5.41, 5.74) is 0. The van der Waals surface area contributed by atoms with Crippen LogP contribution in [0.15, 0.2) is 0 Å². The molecule has 1 N–H and O–H groups in total. The third-order valence-corrected chi connectivity index (χ3v) is 3.65. The summed E-state index contributed by atoms with van der Waals surface area (Å²) in [5.74, 6) is -0.105. The number of hydrogen-bond donors (Lipinski definition) is 1. The zero-order valence-corrected chi connectivity index (χ0v) is 11.1. The molecule has 2 amide bonds. The normalized spacial score (nSPS) is 27.9. The van der Waals surface area contributed by atoms with Crippen molar-refractivity contribution in [3.8, 4) is 0 Å². The van der Waals surface area contributed by atoms with Gasteiger partial charge in [-0.2, -0.15) is 0 Å². The number of amides is 2. The quantitative estimate of drug-likeness (QED) is 0.806. The molecule has 1 aliphatic heterocycles. The fraction of sp³-hybridized carbons (Fsp3) is 0.846. The molecule has 0 bridgehead atoms. The third kappa shape index (κ3) is 3.02. The van der Waals surface area contributed by atoms with Gasteiger partial charge in [0.05, 0.1) is 18.7 Å². The highest BCUT2D eigenvalue weighted by atomic mass is 16.5. The topological polar surface area (TPSA) is 58.6 Å². The van der Waals surface area contributed by atoms with Crippen molar-refractivity contribution >= 4 is 11.8 Å². The van der Waals surface area contributed by atoms with Crippen molar-refractivity contribution in [1.82, 2.24) is 10.2 Å². The predicted molar refractivity (Wildman–Crippen MR) is 67.0 cm³/mol. The van der Waals surface area contributed by atoms with E-state index in [9.17, 15) is 9.59 Å². The average Bonchev–Trinajstić information content (AvgIpc) is 2.34. The average molecular weight is 254 g/mol. The Morgan fingerprint density at radius 3 is 2.89 bits per heavy atom. The second kappa shape index (κ2) is 5.69. The molecule has 102 valence electrons. The molecule has 2 fully saturated rings. The van der Waals surface area contributed by atoms with Crippen LogP contribution in [0.4, 0.5) is 0 Å². The molecule has 18 heavy (non-hydrogen) atoms. The smallest absolute Gasteiger partial charge is 0.249 e. The van der Waals surface area contributed by atoms with E-state index in [0.717, 1.165) is 25.7 Å². The summed E-state index contributed by atoms with van der Waals surface area (Å²) in [6.45, 7) is 4.06. The highest BCUT2D eigenvalue weighted by Crippen LogP contribution is 2.25. The van der Waals surface area contributed by atoms with E-state index in [0.29, 0.717) is 0 Å². The van der Waals surface area contributed by atoms with Crippen molar-refractivity contribution in [2.75, 3.05) is 13.2 Å². The van der Waals surface area contributed by atoms with Gasteiger partial charge in [0.1, 0.15) is 6.61 Å². The molecule has 2 atom stereocenters. The van der Waals surface area contributed by atoms with Crippen LogP contribution in [0.2, 0.25) is 0 Å². The third-order valence-electron chi connectivity index (χ3n) is 3.65. The Hall–Kier alpha value is -1.10. The van der Waals surface area contributed by atoms with Crippen LogP contribution in [-0.4, -0.2) is 48.1 Å². The predicted octanol–water partition coefficient (Wildman–Crippen LogP) is 0.681. The minimum atomic E-state index is -0.0598. The van der Waals surface area contributed by atoms with Gasteiger partial charge in [-0.05, 0) is 26.7 Å². The monoisotopic (exact) mass is 254 g/mol. The number of rotatable bonds is 3. The fourth-order valence-electron chi connectivity index (χ4n) is 2.77. The van der Waals surface area contributed by atoms with E-state index in [2.05, 4.69) is 5.32 Å². The van der Waals surface area contributed by atoms with Crippen LogP contribution in [0.5, 0.6) is 0 Å². The second-order valence-corrected chi connectivity index (χ2v) is 5.41. The molecule has 1 aliphatic carbocycles. The maximum absolute atomic E-state index is 12.1. The van der Waals surface area contributed by atoms with Crippen LogP contribution in [0.3, 0.4) is 0 Å². The maximum Gasteiger partial charge on any atom is 0.249 e. The van der Waals surface area contributed by atoms with E-state index in [1.165, 1.54) is 0 Å². The summed E-state index contributed by atoms with van der Waals surface area (Å²) in [4.78, 5) is 25.5. The first-order chi connectivity index (χ1) is 8.58. The van der Waals surface area contributed by atoms with Crippen LogP contribution in [-0.2, 0) is 14.3 Å². The summed E-state index contributed by atoms with van der Waals surface area (Å²) >= 11 is 0. The largest absolute Gasteiger partial charge is 0.369 e. The van der Waals surface area contributed by atoms with Crippen molar-refractivity contribution in [3.05, 3.63) is 0 Å². The van der Waals surface area contributed by atoms with E-state index < -0.39 is 0 Å². The fourth-order valence-corrected chi connectivity index (χ4v) is 2.77. The second-order valence-electron chi connectivity index (χ2n) is 5.41. The van der Waals surface area contributed by atoms with Crippen LogP contribution < -0.4 is 5.32 Å². The van der Waals surface area contributed by atoms with Crippen molar-refractivity contribution in [2.45, 2.75) is 57.7 Å². The Labute approximate surface area is 108 Å². The Balaban J connectivity index is 1.99. The van der Waals surface area contributed by atoms with Crippen molar-refractivity contribution in [3.63, 3.8) is 0 Å². The van der Waals surface area contributed by atoms with Gasteiger partial charge in [0.25, 0.3) is 0 Å². The summed E-state index contributed by atoms with van der Waals surface area (Å²) in [5, 5.41) is 2.99. The highest BCUT2D eigenvalue weighted by molar-refractivity contribution is 5.87. The molecule has 0 aromatic carbocycles. The molecular formula is C13H22N2O3. The SMILES string of the molecule is CC(C)OCC(=O)N1CC(=O)N[C@@H]2CCCC[C@@H]21. The molecule has 0 unspecified atom stereocenters. The number of nitrogens with one attached hydrogen (secondary N) is 1. The molecular weight excluding hydrogens is 232 g/mol. The molecule has 0 radical (unpaired) electrons. The molecule has 1 saturated carbocycles. The molecule has 0 aromatic heterocycles. The van der Waals surface area contributed by atoms with E-state index >= 15 is 0 Å². The van der Waals surface area contributed by atoms with Gasteiger partial charge in [0.2, 0.25) is 11.8 Å². The summed E-state index contributed by atoms with van der Waals surface area (Å²) in [6, 6.07) is 0.308. The van der Waals surface area contributed by atoms with E-state index in [-0.39, 0.29) is 43.2 Å². The van der Waals surface area contributed by atoms with Gasteiger partial charge in [-0.25, -0.2) is 0 Å². The standard InChI is InChI=1S/C13H22N2O3/c1-9(2)18-8-13(17)15-7-12(16)14-10-5-3-4-6-11(10)15/h9-11H,3-8H2,1-2H3,(H,14,16)/t10-,11+/m1/s1. The lowest BCUT2D eigenvalue weighted by molar-refractivity contribution is -0.148. The van der Waals surface area contributed by atoms with Crippen molar-refractivity contribution in [2.24, 2.45) is 0 Å². The minimum Gasteiger partial charge on any atom is -0.369 e. The first-order valence-electron chi connectivity index (χ1n) is 6.78. The summed E-state index contributed by atoms with van der Waals surface area (Å²) < 4.78 is 5.35. The van der Waals surface area contributed by atoms with Gasteiger partial charge in [-0.15, -0.1) is 0 Å². The molecule has 0 spiro atoms. The molecule has 5 heteroatoms. The number of nitrogens with zero attached hydrogens (tertiary/aromatic N) is 1. The van der Waals surface area contributed by atoms with Gasteiger partial charge in [0.15, 0.2) is 0 Å². The van der Waals surface area contributed by atoms with Crippen LogP contribution in [0.25, 0.3) is 0 Å². The van der Waals surface area contributed by atoms with E-state index in [1.807, 2.05) is 13.8 Å².